The first-order valence-electron chi connectivity index (χ1n) is 5.87. The van der Waals surface area contributed by atoms with Crippen molar-refractivity contribution in [2.24, 2.45) is 0 Å². The fourth-order valence-electron chi connectivity index (χ4n) is 1.51. The van der Waals surface area contributed by atoms with E-state index in [0.29, 0.717) is 16.7 Å². The summed E-state index contributed by atoms with van der Waals surface area (Å²) in [5.41, 5.74) is 0.393. The van der Waals surface area contributed by atoms with Crippen molar-refractivity contribution in [1.82, 2.24) is 5.32 Å². The molecule has 1 aromatic rings. The maximum Gasteiger partial charge on any atom is 0.293 e. The van der Waals surface area contributed by atoms with Crippen LogP contribution in [0.1, 0.15) is 20.3 Å². The topological polar surface area (TPSA) is 84.3 Å². The van der Waals surface area contributed by atoms with E-state index in [-0.39, 0.29) is 24.1 Å². The van der Waals surface area contributed by atoms with E-state index in [0.717, 1.165) is 0 Å². The molecule has 0 atom stereocenters. The summed E-state index contributed by atoms with van der Waals surface area (Å²) in [6, 6.07) is 4.84. The van der Waals surface area contributed by atoms with Gasteiger partial charge >= 0.3 is 0 Å². The van der Waals surface area contributed by atoms with Gasteiger partial charge in [0.15, 0.2) is 0 Å². The number of carbonyl (C=O) groups excluding carboxylic acids is 1. The molecule has 0 unspecified atom stereocenters. The van der Waals surface area contributed by atoms with Crippen LogP contribution in [0, 0.1) is 10.1 Å². The van der Waals surface area contributed by atoms with Gasteiger partial charge in [0.25, 0.3) is 5.69 Å². The van der Waals surface area contributed by atoms with Crippen molar-refractivity contribution in [2.75, 3.05) is 11.9 Å². The Hall–Kier alpha value is -1.63. The van der Waals surface area contributed by atoms with E-state index in [4.69, 9.17) is 0 Å². The number of hydrogen-bond acceptors (Lipinski definition) is 4. The average Bonchev–Trinajstić information content (AvgIpc) is 2.29. The van der Waals surface area contributed by atoms with E-state index in [2.05, 4.69) is 26.6 Å². The lowest BCUT2D eigenvalue weighted by atomic mass is 10.2. The van der Waals surface area contributed by atoms with Gasteiger partial charge in [-0.25, -0.2) is 0 Å². The fourth-order valence-corrected chi connectivity index (χ4v) is 1.86. The molecule has 7 heteroatoms. The number of nitrogens with zero attached hydrogens (tertiary/aromatic N) is 1. The van der Waals surface area contributed by atoms with Gasteiger partial charge in [0.1, 0.15) is 5.69 Å². The molecule has 0 fully saturated rings. The van der Waals surface area contributed by atoms with Crippen molar-refractivity contribution >= 4 is 33.2 Å². The number of benzene rings is 1. The third kappa shape index (κ3) is 5.25. The van der Waals surface area contributed by atoms with Crippen LogP contribution in [0.2, 0.25) is 0 Å². The van der Waals surface area contributed by atoms with Gasteiger partial charge in [0, 0.05) is 29.5 Å². The number of nitro groups is 1. The molecular formula is C12H16BrN3O3. The summed E-state index contributed by atoms with van der Waals surface area (Å²) in [7, 11) is 0. The number of amides is 1. The molecule has 1 aromatic carbocycles. The second kappa shape index (κ2) is 7.08. The Morgan fingerprint density at radius 3 is 2.74 bits per heavy atom. The fraction of sp³-hybridized carbons (Fsp3) is 0.417. The summed E-state index contributed by atoms with van der Waals surface area (Å²) in [5, 5.41) is 16.5. The number of rotatable bonds is 6. The normalized spacial score (nSPS) is 10.3. The van der Waals surface area contributed by atoms with Crippen LogP contribution in [0.3, 0.4) is 0 Å². The lowest BCUT2D eigenvalue weighted by molar-refractivity contribution is -0.384. The number of carbonyl (C=O) groups is 1. The Bertz CT molecular complexity index is 477. The standard InChI is InChI=1S/C12H16BrN3O3/c1-8(2)15-12(17)5-6-14-10-4-3-9(13)7-11(10)16(18)19/h3-4,7-8,14H,5-6H2,1-2H3,(H,15,17). The first-order chi connectivity index (χ1) is 8.90. The Morgan fingerprint density at radius 2 is 2.16 bits per heavy atom. The minimum Gasteiger partial charge on any atom is -0.379 e. The predicted octanol–water partition coefficient (Wildman–Crippen LogP) is 2.68. The third-order valence-electron chi connectivity index (χ3n) is 2.27. The summed E-state index contributed by atoms with van der Waals surface area (Å²) in [4.78, 5) is 21.8. The largest absolute Gasteiger partial charge is 0.379 e. The molecule has 0 aliphatic heterocycles. The number of hydrogen-bond donors (Lipinski definition) is 2. The molecule has 6 nitrogen and oxygen atoms in total. The van der Waals surface area contributed by atoms with Gasteiger partial charge in [-0.1, -0.05) is 15.9 Å². The van der Waals surface area contributed by atoms with Crippen molar-refractivity contribution in [2.45, 2.75) is 26.3 Å². The number of nitro benzene ring substituents is 1. The third-order valence-corrected chi connectivity index (χ3v) is 2.77. The highest BCUT2D eigenvalue weighted by molar-refractivity contribution is 9.10. The maximum absolute atomic E-state index is 11.4. The van der Waals surface area contributed by atoms with Crippen LogP contribution in [0.5, 0.6) is 0 Å². The molecular weight excluding hydrogens is 314 g/mol. The van der Waals surface area contributed by atoms with Crippen LogP contribution < -0.4 is 10.6 Å². The molecule has 0 bridgehead atoms. The van der Waals surface area contributed by atoms with Crippen LogP contribution in [0.15, 0.2) is 22.7 Å². The molecule has 0 saturated carbocycles. The second-order valence-electron chi connectivity index (χ2n) is 4.32. The lowest BCUT2D eigenvalue weighted by Gasteiger charge is -2.10. The Balaban J connectivity index is 2.58. The lowest BCUT2D eigenvalue weighted by Crippen LogP contribution is -2.31. The Kier molecular flexibility index (Phi) is 5.75. The van der Waals surface area contributed by atoms with Crippen molar-refractivity contribution in [1.29, 1.82) is 0 Å². The van der Waals surface area contributed by atoms with Gasteiger partial charge in [-0.2, -0.15) is 0 Å². The van der Waals surface area contributed by atoms with Gasteiger partial charge in [-0.3, -0.25) is 14.9 Å². The first kappa shape index (κ1) is 15.4. The number of anilines is 1. The van der Waals surface area contributed by atoms with Crippen molar-refractivity contribution in [3.8, 4) is 0 Å². The van der Waals surface area contributed by atoms with Gasteiger partial charge in [0.2, 0.25) is 5.91 Å². The van der Waals surface area contributed by atoms with E-state index in [1.807, 2.05) is 13.8 Å². The van der Waals surface area contributed by atoms with Crippen molar-refractivity contribution in [3.05, 3.63) is 32.8 Å². The first-order valence-corrected chi connectivity index (χ1v) is 6.66. The molecule has 0 aromatic heterocycles. The highest BCUT2D eigenvalue weighted by Gasteiger charge is 2.14. The van der Waals surface area contributed by atoms with E-state index in [1.165, 1.54) is 6.07 Å². The molecule has 19 heavy (non-hydrogen) atoms. The highest BCUT2D eigenvalue weighted by atomic mass is 79.9. The molecule has 1 amide bonds. The zero-order chi connectivity index (χ0) is 14.4. The average molecular weight is 330 g/mol. The quantitative estimate of drug-likeness (QED) is 0.620. The predicted molar refractivity (Wildman–Crippen MR) is 77.2 cm³/mol. The Morgan fingerprint density at radius 1 is 1.47 bits per heavy atom. The second-order valence-corrected chi connectivity index (χ2v) is 5.23. The van der Waals surface area contributed by atoms with Gasteiger partial charge in [-0.05, 0) is 26.0 Å². The molecule has 0 heterocycles. The summed E-state index contributed by atoms with van der Waals surface area (Å²) in [6.45, 7) is 4.11. The molecule has 0 aliphatic rings. The number of nitrogens with one attached hydrogen (secondary N) is 2. The minimum atomic E-state index is -0.457. The van der Waals surface area contributed by atoms with Gasteiger partial charge < -0.3 is 10.6 Å². The SMILES string of the molecule is CC(C)NC(=O)CCNc1ccc(Br)cc1[N+](=O)[O-]. The molecule has 0 spiro atoms. The molecule has 104 valence electrons. The van der Waals surface area contributed by atoms with E-state index in [9.17, 15) is 14.9 Å². The van der Waals surface area contributed by atoms with Crippen LogP contribution >= 0.6 is 15.9 Å². The van der Waals surface area contributed by atoms with Crippen LogP contribution in [-0.2, 0) is 4.79 Å². The maximum atomic E-state index is 11.4. The van der Waals surface area contributed by atoms with E-state index in [1.54, 1.807) is 12.1 Å². The summed E-state index contributed by atoms with van der Waals surface area (Å²) in [6.07, 6.45) is 0.269. The summed E-state index contributed by atoms with van der Waals surface area (Å²) < 4.78 is 0.641. The molecule has 0 saturated heterocycles. The number of halogens is 1. The van der Waals surface area contributed by atoms with Gasteiger partial charge in [-0.15, -0.1) is 0 Å². The van der Waals surface area contributed by atoms with Crippen LogP contribution in [0.25, 0.3) is 0 Å². The zero-order valence-electron chi connectivity index (χ0n) is 10.8. The van der Waals surface area contributed by atoms with Crippen LogP contribution in [-0.4, -0.2) is 23.4 Å². The van der Waals surface area contributed by atoms with Crippen molar-refractivity contribution < 1.29 is 9.72 Å². The van der Waals surface area contributed by atoms with Crippen molar-refractivity contribution in [3.63, 3.8) is 0 Å². The molecule has 0 aliphatic carbocycles. The zero-order valence-corrected chi connectivity index (χ0v) is 12.4. The smallest absolute Gasteiger partial charge is 0.293 e. The minimum absolute atomic E-state index is 0.0151. The molecule has 2 N–H and O–H groups in total. The van der Waals surface area contributed by atoms with Crippen LogP contribution in [0.4, 0.5) is 11.4 Å². The van der Waals surface area contributed by atoms with E-state index < -0.39 is 4.92 Å². The Labute approximate surface area is 119 Å². The summed E-state index contributed by atoms with van der Waals surface area (Å²) >= 11 is 3.19. The summed E-state index contributed by atoms with van der Waals surface area (Å²) in [5.74, 6) is -0.0812. The van der Waals surface area contributed by atoms with E-state index >= 15 is 0 Å². The molecule has 0 radical (unpaired) electrons. The highest BCUT2D eigenvalue weighted by Crippen LogP contribution is 2.27. The van der Waals surface area contributed by atoms with Gasteiger partial charge in [0.05, 0.1) is 4.92 Å². The monoisotopic (exact) mass is 329 g/mol. The molecule has 1 rings (SSSR count).